The van der Waals surface area contributed by atoms with Gasteiger partial charge in [0.1, 0.15) is 0 Å². The van der Waals surface area contributed by atoms with Gasteiger partial charge in [0.2, 0.25) is 0 Å². The van der Waals surface area contributed by atoms with Crippen LogP contribution in [0, 0.1) is 0 Å². The molecular weight excluding hydrogens is 339 g/mol. The van der Waals surface area contributed by atoms with E-state index in [1.165, 1.54) is 12.1 Å². The van der Waals surface area contributed by atoms with E-state index >= 15 is 0 Å². The molecule has 88 valence electrons. The number of hydrogen-bond acceptors (Lipinski definition) is 1. The van der Waals surface area contributed by atoms with Crippen molar-refractivity contribution in [3.63, 3.8) is 0 Å². The van der Waals surface area contributed by atoms with Crippen LogP contribution < -0.4 is 5.32 Å². The standard InChI is InChI=1S/C8H3Cl6NO/c9-3-1-2-4(6(11)5(3)10)15-7(16)8(12,13)14/h1-2H,(H,15,16). The summed E-state index contributed by atoms with van der Waals surface area (Å²) >= 11 is 33.4. The van der Waals surface area contributed by atoms with Crippen molar-refractivity contribution in [2.45, 2.75) is 3.79 Å². The summed E-state index contributed by atoms with van der Waals surface area (Å²) in [6.45, 7) is 0. The van der Waals surface area contributed by atoms with Crippen LogP contribution in [0.1, 0.15) is 0 Å². The molecule has 0 aliphatic rings. The highest BCUT2D eigenvalue weighted by molar-refractivity contribution is 6.76. The van der Waals surface area contributed by atoms with Crippen LogP contribution in [0.3, 0.4) is 0 Å². The molecular formula is C8H3Cl6NO. The van der Waals surface area contributed by atoms with Crippen molar-refractivity contribution >= 4 is 81.2 Å². The highest BCUT2D eigenvalue weighted by atomic mass is 35.6. The number of carbonyl (C=O) groups excluding carboxylic acids is 1. The number of alkyl halides is 3. The highest BCUT2D eigenvalue weighted by Gasteiger charge is 2.31. The fraction of sp³-hybridized carbons (Fsp3) is 0.125. The van der Waals surface area contributed by atoms with Gasteiger partial charge in [-0.1, -0.05) is 69.6 Å². The molecule has 0 radical (unpaired) electrons. The molecule has 8 heteroatoms. The lowest BCUT2D eigenvalue weighted by Gasteiger charge is -2.13. The Morgan fingerprint density at radius 2 is 1.62 bits per heavy atom. The quantitative estimate of drug-likeness (QED) is 0.568. The van der Waals surface area contributed by atoms with Crippen molar-refractivity contribution in [3.8, 4) is 0 Å². The van der Waals surface area contributed by atoms with E-state index in [1.54, 1.807) is 0 Å². The molecule has 0 fully saturated rings. The molecule has 0 heterocycles. The summed E-state index contributed by atoms with van der Waals surface area (Å²) in [4.78, 5) is 11.3. The maximum absolute atomic E-state index is 11.3. The van der Waals surface area contributed by atoms with Gasteiger partial charge < -0.3 is 5.32 Å². The van der Waals surface area contributed by atoms with E-state index in [0.717, 1.165) is 0 Å². The van der Waals surface area contributed by atoms with E-state index in [-0.39, 0.29) is 20.8 Å². The van der Waals surface area contributed by atoms with E-state index < -0.39 is 9.70 Å². The van der Waals surface area contributed by atoms with Gasteiger partial charge in [-0.25, -0.2) is 0 Å². The first kappa shape index (κ1) is 14.5. The third kappa shape index (κ3) is 3.46. The van der Waals surface area contributed by atoms with Gasteiger partial charge in [0.15, 0.2) is 0 Å². The first-order valence-electron chi connectivity index (χ1n) is 3.75. The highest BCUT2D eigenvalue weighted by Crippen LogP contribution is 2.37. The number of amides is 1. The molecule has 1 aromatic rings. The normalized spacial score (nSPS) is 11.4. The molecule has 0 spiro atoms. The zero-order chi connectivity index (χ0) is 12.5. The largest absolute Gasteiger partial charge is 0.321 e. The summed E-state index contributed by atoms with van der Waals surface area (Å²) in [5.74, 6) is -0.835. The van der Waals surface area contributed by atoms with E-state index in [9.17, 15) is 4.79 Å². The monoisotopic (exact) mass is 339 g/mol. The number of nitrogens with one attached hydrogen (secondary N) is 1. The summed E-state index contributed by atoms with van der Waals surface area (Å²) in [5.41, 5.74) is 0.215. The van der Waals surface area contributed by atoms with Gasteiger partial charge in [0, 0.05) is 0 Å². The molecule has 0 aliphatic carbocycles. The lowest BCUT2D eigenvalue weighted by molar-refractivity contribution is -0.115. The minimum absolute atomic E-state index is 0.0803. The Hall–Kier alpha value is 0.430. The van der Waals surface area contributed by atoms with Gasteiger partial charge in [0.25, 0.3) is 9.70 Å². The van der Waals surface area contributed by atoms with Crippen LogP contribution in [0.25, 0.3) is 0 Å². The SMILES string of the molecule is O=C(Nc1ccc(Cl)c(Cl)c1Cl)C(Cl)(Cl)Cl. The van der Waals surface area contributed by atoms with Crippen molar-refractivity contribution in [1.82, 2.24) is 0 Å². The minimum Gasteiger partial charge on any atom is -0.321 e. The molecule has 0 saturated carbocycles. The molecule has 1 N–H and O–H groups in total. The number of halogens is 6. The molecule has 0 aromatic heterocycles. The van der Waals surface area contributed by atoms with E-state index in [0.29, 0.717) is 0 Å². The number of carbonyl (C=O) groups is 1. The first-order chi connectivity index (χ1) is 7.23. The average molecular weight is 342 g/mol. The van der Waals surface area contributed by atoms with E-state index in [1.807, 2.05) is 0 Å². The van der Waals surface area contributed by atoms with Gasteiger partial charge in [-0.05, 0) is 12.1 Å². The van der Waals surface area contributed by atoms with Gasteiger partial charge in [-0.2, -0.15) is 0 Å². The number of anilines is 1. The molecule has 0 unspecified atom stereocenters. The first-order valence-corrected chi connectivity index (χ1v) is 6.02. The Morgan fingerprint density at radius 1 is 1.06 bits per heavy atom. The minimum atomic E-state index is -2.07. The maximum Gasteiger partial charge on any atom is 0.276 e. The Labute approximate surface area is 122 Å². The topological polar surface area (TPSA) is 29.1 Å². The third-order valence-corrected chi connectivity index (χ3v) is 3.35. The van der Waals surface area contributed by atoms with Crippen molar-refractivity contribution in [2.75, 3.05) is 5.32 Å². The smallest absolute Gasteiger partial charge is 0.276 e. The van der Waals surface area contributed by atoms with Crippen LogP contribution in [0.4, 0.5) is 5.69 Å². The molecule has 16 heavy (non-hydrogen) atoms. The van der Waals surface area contributed by atoms with Gasteiger partial charge in [-0.15, -0.1) is 0 Å². The number of hydrogen-bond donors (Lipinski definition) is 1. The fourth-order valence-electron chi connectivity index (χ4n) is 0.816. The summed E-state index contributed by atoms with van der Waals surface area (Å²) < 4.78 is -2.07. The molecule has 0 saturated heterocycles. The molecule has 1 amide bonds. The molecule has 0 bridgehead atoms. The molecule has 0 aliphatic heterocycles. The summed E-state index contributed by atoms with van der Waals surface area (Å²) in [6.07, 6.45) is 0. The zero-order valence-corrected chi connectivity index (χ0v) is 11.9. The van der Waals surface area contributed by atoms with Crippen molar-refractivity contribution in [1.29, 1.82) is 0 Å². The van der Waals surface area contributed by atoms with Crippen LogP contribution in [0.2, 0.25) is 15.1 Å². The lowest BCUT2D eigenvalue weighted by atomic mass is 10.3. The Balaban J connectivity index is 3.00. The van der Waals surface area contributed by atoms with E-state index in [4.69, 9.17) is 69.6 Å². The average Bonchev–Trinajstić information content (AvgIpc) is 2.17. The predicted molar refractivity (Wildman–Crippen MR) is 70.4 cm³/mol. The lowest BCUT2D eigenvalue weighted by Crippen LogP contribution is -2.27. The number of benzene rings is 1. The second-order valence-corrected chi connectivity index (χ2v) is 6.12. The molecule has 0 atom stereocenters. The maximum atomic E-state index is 11.3. The predicted octanol–water partition coefficient (Wildman–Crippen LogP) is 4.96. The van der Waals surface area contributed by atoms with Gasteiger partial charge in [0.05, 0.1) is 20.8 Å². The Kier molecular flexibility index (Phi) is 4.88. The second-order valence-electron chi connectivity index (χ2n) is 2.67. The molecule has 1 rings (SSSR count). The summed E-state index contributed by atoms with van der Waals surface area (Å²) in [6, 6.07) is 2.91. The van der Waals surface area contributed by atoms with Crippen LogP contribution in [-0.4, -0.2) is 9.70 Å². The van der Waals surface area contributed by atoms with Crippen molar-refractivity contribution in [3.05, 3.63) is 27.2 Å². The number of rotatable bonds is 1. The third-order valence-electron chi connectivity index (χ3n) is 1.54. The molecule has 2 nitrogen and oxygen atoms in total. The Bertz CT molecular complexity index is 427. The van der Waals surface area contributed by atoms with Crippen LogP contribution in [0.15, 0.2) is 12.1 Å². The van der Waals surface area contributed by atoms with Gasteiger partial charge >= 0.3 is 0 Å². The van der Waals surface area contributed by atoms with Gasteiger partial charge in [-0.3, -0.25) is 4.79 Å². The second kappa shape index (κ2) is 5.38. The van der Waals surface area contributed by atoms with Crippen LogP contribution in [-0.2, 0) is 4.79 Å². The zero-order valence-electron chi connectivity index (χ0n) is 7.33. The van der Waals surface area contributed by atoms with E-state index in [2.05, 4.69) is 5.32 Å². The Morgan fingerprint density at radius 3 is 2.12 bits per heavy atom. The molecule has 1 aromatic carbocycles. The van der Waals surface area contributed by atoms with Crippen molar-refractivity contribution < 1.29 is 4.79 Å². The van der Waals surface area contributed by atoms with Crippen LogP contribution >= 0.6 is 69.6 Å². The fourth-order valence-corrected chi connectivity index (χ4v) is 1.54. The van der Waals surface area contributed by atoms with Crippen molar-refractivity contribution in [2.24, 2.45) is 0 Å². The summed E-state index contributed by atoms with van der Waals surface area (Å²) in [7, 11) is 0. The summed E-state index contributed by atoms with van der Waals surface area (Å²) in [5, 5.41) is 2.77. The van der Waals surface area contributed by atoms with Crippen LogP contribution in [0.5, 0.6) is 0 Å².